The normalized spacial score (nSPS) is 22.6. The molecule has 0 amide bonds. The van der Waals surface area contributed by atoms with Crippen LogP contribution in [0.25, 0.3) is 21.9 Å². The molecule has 0 spiro atoms. The minimum Gasteiger partial charge on any atom is -0.388 e. The van der Waals surface area contributed by atoms with Crippen LogP contribution in [0.1, 0.15) is 42.5 Å². The van der Waals surface area contributed by atoms with Gasteiger partial charge in [0.05, 0.1) is 22.3 Å². The smallest absolute Gasteiger partial charge is 0.144 e. The van der Waals surface area contributed by atoms with Gasteiger partial charge in [-0.2, -0.15) is 0 Å². The molecule has 4 N–H and O–H groups in total. The molecule has 3 atom stereocenters. The number of aryl methyl sites for hydroxylation is 1. The monoisotopic (exact) mass is 479 g/mol. The van der Waals surface area contributed by atoms with Gasteiger partial charge in [0.1, 0.15) is 35.8 Å². The Bertz CT molecular complexity index is 1460. The lowest BCUT2D eigenvalue weighted by Gasteiger charge is -2.19. The van der Waals surface area contributed by atoms with E-state index in [0.29, 0.717) is 35.2 Å². The Balaban J connectivity index is 1.27. The number of nitrogen functional groups attached to an aromatic ring is 1. The van der Waals surface area contributed by atoms with Crippen molar-refractivity contribution >= 4 is 39.4 Å². The second kappa shape index (κ2) is 8.01. The van der Waals surface area contributed by atoms with Crippen molar-refractivity contribution in [2.24, 2.45) is 0 Å². The average Bonchev–Trinajstić information content (AvgIpc) is 3.52. The minimum absolute atomic E-state index is 0.151. The van der Waals surface area contributed by atoms with Gasteiger partial charge >= 0.3 is 0 Å². The molecule has 6 rings (SSSR count). The zero-order valence-electron chi connectivity index (χ0n) is 18.2. The lowest BCUT2D eigenvalue weighted by Crippen LogP contribution is -2.29. The molecular weight excluding hydrogens is 457 g/mol. The van der Waals surface area contributed by atoms with Gasteiger partial charge in [-0.1, -0.05) is 17.7 Å². The highest BCUT2D eigenvalue weighted by molar-refractivity contribution is 6.33. The number of nitrogens with zero attached hydrogens (tertiary/aromatic N) is 4. The molecule has 4 aromatic rings. The van der Waals surface area contributed by atoms with Crippen molar-refractivity contribution < 1.29 is 14.6 Å². The highest BCUT2D eigenvalue weighted by Gasteiger charge is 2.36. The zero-order valence-corrected chi connectivity index (χ0v) is 19.0. The van der Waals surface area contributed by atoms with E-state index in [4.69, 9.17) is 17.3 Å². The molecular formula is C25H23ClFN5O2. The molecule has 1 fully saturated rings. The minimum atomic E-state index is -1.01. The summed E-state index contributed by atoms with van der Waals surface area (Å²) in [7, 11) is 0. The van der Waals surface area contributed by atoms with Crippen LogP contribution in [0.3, 0.4) is 0 Å². The summed E-state index contributed by atoms with van der Waals surface area (Å²) >= 11 is 5.97. The lowest BCUT2D eigenvalue weighted by atomic mass is 10.0. The van der Waals surface area contributed by atoms with Crippen molar-refractivity contribution in [2.45, 2.75) is 49.9 Å². The van der Waals surface area contributed by atoms with Crippen LogP contribution >= 0.6 is 11.6 Å². The highest BCUT2D eigenvalue weighted by Crippen LogP contribution is 2.42. The first-order valence-corrected chi connectivity index (χ1v) is 11.7. The second-order valence-corrected chi connectivity index (χ2v) is 9.57. The van der Waals surface area contributed by atoms with Gasteiger partial charge in [0.25, 0.3) is 0 Å². The summed E-state index contributed by atoms with van der Waals surface area (Å²) in [6.45, 7) is 0. The lowest BCUT2D eigenvalue weighted by molar-refractivity contribution is 0.0317. The summed E-state index contributed by atoms with van der Waals surface area (Å²) in [5, 5.41) is 23.1. The molecule has 2 unspecified atom stereocenters. The third kappa shape index (κ3) is 3.53. The van der Waals surface area contributed by atoms with Gasteiger partial charge in [0.2, 0.25) is 0 Å². The number of aliphatic hydroxyl groups is 2. The highest BCUT2D eigenvalue weighted by atomic mass is 35.5. The van der Waals surface area contributed by atoms with E-state index in [2.05, 4.69) is 15.0 Å². The maximum Gasteiger partial charge on any atom is 0.144 e. The predicted octanol–water partition coefficient (Wildman–Crippen LogP) is 4.07. The van der Waals surface area contributed by atoms with Crippen molar-refractivity contribution in [2.75, 3.05) is 5.73 Å². The van der Waals surface area contributed by atoms with E-state index < -0.39 is 24.1 Å². The van der Waals surface area contributed by atoms with Crippen molar-refractivity contribution in [3.8, 4) is 0 Å². The van der Waals surface area contributed by atoms with Crippen LogP contribution in [-0.2, 0) is 6.42 Å². The van der Waals surface area contributed by atoms with Crippen molar-refractivity contribution in [3.63, 3.8) is 0 Å². The standard InChI is InChI=1S/C25H23ClFN5O2/c26-17-10-16-18(27)7-12(8-19(16)31-24(17)28)1-2-14-9-20(23(34)22(14)33)32-6-5-15-21(13-3-4-13)29-11-30-25(15)32/h5-11,13,20,22-23,33-34H,1-4H2,(H2,28,31)/t20?,22?,23-/m1/s1. The molecule has 0 saturated heterocycles. The molecule has 3 heterocycles. The van der Waals surface area contributed by atoms with Gasteiger partial charge < -0.3 is 20.5 Å². The first kappa shape index (κ1) is 21.5. The van der Waals surface area contributed by atoms with Gasteiger partial charge in [0.15, 0.2) is 0 Å². The molecule has 9 heteroatoms. The molecule has 2 aliphatic rings. The van der Waals surface area contributed by atoms with Crippen LogP contribution in [0.4, 0.5) is 10.2 Å². The van der Waals surface area contributed by atoms with E-state index >= 15 is 0 Å². The number of fused-ring (bicyclic) bond motifs is 2. The molecule has 7 nitrogen and oxygen atoms in total. The van der Waals surface area contributed by atoms with Crippen molar-refractivity contribution in [1.29, 1.82) is 0 Å². The average molecular weight is 480 g/mol. The van der Waals surface area contributed by atoms with E-state index in [9.17, 15) is 14.6 Å². The largest absolute Gasteiger partial charge is 0.388 e. The molecule has 0 bridgehead atoms. The second-order valence-electron chi connectivity index (χ2n) is 9.16. The Morgan fingerprint density at radius 3 is 2.74 bits per heavy atom. The van der Waals surface area contributed by atoms with E-state index in [1.165, 1.54) is 12.1 Å². The molecule has 2 aliphatic carbocycles. The van der Waals surface area contributed by atoms with Crippen LogP contribution in [-0.4, -0.2) is 41.9 Å². The maximum atomic E-state index is 14.6. The molecule has 34 heavy (non-hydrogen) atoms. The number of pyridine rings is 1. The number of anilines is 1. The molecule has 0 radical (unpaired) electrons. The summed E-state index contributed by atoms with van der Waals surface area (Å²) in [5.41, 5.74) is 9.44. The molecule has 1 aromatic carbocycles. The summed E-state index contributed by atoms with van der Waals surface area (Å²) in [6.07, 6.45) is 6.55. The number of hydrogen-bond donors (Lipinski definition) is 3. The number of aromatic nitrogens is 4. The Labute approximate surface area is 199 Å². The summed E-state index contributed by atoms with van der Waals surface area (Å²) in [6, 6.07) is 6.24. The van der Waals surface area contributed by atoms with Crippen LogP contribution in [0, 0.1) is 5.82 Å². The molecule has 3 aromatic heterocycles. The van der Waals surface area contributed by atoms with Gasteiger partial charge in [-0.25, -0.2) is 19.3 Å². The number of benzene rings is 1. The Kier molecular flexibility index (Phi) is 5.05. The van der Waals surface area contributed by atoms with Crippen LogP contribution in [0.2, 0.25) is 5.02 Å². The van der Waals surface area contributed by atoms with Crippen LogP contribution in [0.15, 0.2) is 48.4 Å². The maximum absolute atomic E-state index is 14.6. The summed E-state index contributed by atoms with van der Waals surface area (Å²) in [5.74, 6) is 0.207. The fourth-order valence-corrected chi connectivity index (χ4v) is 5.07. The number of rotatable bonds is 5. The Morgan fingerprint density at radius 1 is 1.12 bits per heavy atom. The Morgan fingerprint density at radius 2 is 1.94 bits per heavy atom. The van der Waals surface area contributed by atoms with Crippen molar-refractivity contribution in [3.05, 3.63) is 70.5 Å². The zero-order chi connectivity index (χ0) is 23.6. The summed E-state index contributed by atoms with van der Waals surface area (Å²) < 4.78 is 16.5. The number of nitrogens with two attached hydrogens (primary N) is 1. The fourth-order valence-electron chi connectivity index (χ4n) is 4.92. The molecule has 174 valence electrons. The fraction of sp³-hybridized carbons (Fsp3) is 0.320. The van der Waals surface area contributed by atoms with Gasteiger partial charge in [-0.15, -0.1) is 0 Å². The topological polar surface area (TPSA) is 110 Å². The first-order valence-electron chi connectivity index (χ1n) is 11.3. The molecule has 0 aliphatic heterocycles. The van der Waals surface area contributed by atoms with Crippen molar-refractivity contribution in [1.82, 2.24) is 19.5 Å². The van der Waals surface area contributed by atoms with Crippen LogP contribution < -0.4 is 5.73 Å². The SMILES string of the molecule is Nc1nc2cc(CCC3=CC(n4ccc5c(C6CC6)ncnc54)[C@@H](O)C3O)cc(F)c2cc1Cl. The van der Waals surface area contributed by atoms with Crippen LogP contribution in [0.5, 0.6) is 0 Å². The number of aliphatic hydroxyl groups excluding tert-OH is 2. The quantitative estimate of drug-likeness (QED) is 0.372. The summed E-state index contributed by atoms with van der Waals surface area (Å²) in [4.78, 5) is 13.1. The number of halogens is 2. The third-order valence-corrected chi connectivity index (χ3v) is 7.19. The van der Waals surface area contributed by atoms with Gasteiger partial charge in [-0.3, -0.25) is 0 Å². The number of hydrogen-bond acceptors (Lipinski definition) is 6. The Hall–Kier alpha value is -3.07. The van der Waals surface area contributed by atoms with Gasteiger partial charge in [-0.05, 0) is 61.1 Å². The van der Waals surface area contributed by atoms with E-state index in [1.807, 2.05) is 22.9 Å². The first-order chi connectivity index (χ1) is 16.4. The van der Waals surface area contributed by atoms with E-state index in [1.54, 1.807) is 12.4 Å². The third-order valence-electron chi connectivity index (χ3n) is 6.89. The predicted molar refractivity (Wildman–Crippen MR) is 128 cm³/mol. The molecule has 1 saturated carbocycles. The van der Waals surface area contributed by atoms with E-state index in [-0.39, 0.29) is 10.8 Å². The van der Waals surface area contributed by atoms with E-state index in [0.717, 1.165) is 35.1 Å². The van der Waals surface area contributed by atoms with Gasteiger partial charge in [0, 0.05) is 22.9 Å².